The highest BCUT2D eigenvalue weighted by atomic mass is 16.5. The molecule has 0 spiro atoms. The van der Waals surface area contributed by atoms with E-state index in [0.29, 0.717) is 40.6 Å². The van der Waals surface area contributed by atoms with Gasteiger partial charge in [0.05, 0.1) is 23.5 Å². The summed E-state index contributed by atoms with van der Waals surface area (Å²) in [5.74, 6) is 0.694. The van der Waals surface area contributed by atoms with Crippen molar-refractivity contribution in [1.29, 1.82) is 0 Å². The maximum Gasteiger partial charge on any atom is 0.200 e. The van der Waals surface area contributed by atoms with Gasteiger partial charge in [-0.25, -0.2) is 0 Å². The molecule has 0 unspecified atom stereocenters. The zero-order valence-electron chi connectivity index (χ0n) is 14.1. The quantitative estimate of drug-likeness (QED) is 0.687. The summed E-state index contributed by atoms with van der Waals surface area (Å²) < 4.78 is 12.1. The van der Waals surface area contributed by atoms with Crippen molar-refractivity contribution in [2.75, 3.05) is 19.6 Å². The number of fused-ring (bicyclic) bond motifs is 5. The number of nitrogens with zero attached hydrogens (tertiary/aromatic N) is 1. The lowest BCUT2D eigenvalue weighted by Gasteiger charge is -2.44. The monoisotopic (exact) mass is 335 g/mol. The molecule has 128 valence electrons. The van der Waals surface area contributed by atoms with Crippen molar-refractivity contribution in [3.8, 4) is 0 Å². The molecule has 0 radical (unpaired) electrons. The van der Waals surface area contributed by atoms with Crippen molar-refractivity contribution in [3.63, 3.8) is 0 Å². The summed E-state index contributed by atoms with van der Waals surface area (Å²) in [6, 6.07) is 13.2. The molecule has 4 heterocycles. The molecule has 0 amide bonds. The first-order valence-electron chi connectivity index (χ1n) is 9.06. The minimum Gasteiger partial charge on any atom is -0.456 e. The van der Waals surface area contributed by atoms with E-state index >= 15 is 0 Å². The summed E-state index contributed by atoms with van der Waals surface area (Å²) in [6.07, 6.45) is 2.82. The minimum atomic E-state index is 0.0292. The van der Waals surface area contributed by atoms with E-state index in [9.17, 15) is 4.79 Å². The van der Waals surface area contributed by atoms with Crippen LogP contribution in [-0.4, -0.2) is 30.6 Å². The molecule has 3 aliphatic heterocycles. The van der Waals surface area contributed by atoms with E-state index in [1.165, 1.54) is 25.9 Å². The third kappa shape index (κ3) is 2.66. The Balaban J connectivity index is 1.43. The van der Waals surface area contributed by atoms with Crippen LogP contribution in [0.4, 0.5) is 0 Å². The van der Waals surface area contributed by atoms with Crippen LogP contribution in [0.15, 0.2) is 51.7 Å². The molecular weight excluding hydrogens is 314 g/mol. The smallest absolute Gasteiger partial charge is 0.200 e. The normalized spacial score (nSPS) is 25.7. The van der Waals surface area contributed by atoms with Crippen LogP contribution in [0.2, 0.25) is 0 Å². The van der Waals surface area contributed by atoms with E-state index in [-0.39, 0.29) is 5.43 Å². The largest absolute Gasteiger partial charge is 0.456 e. The number of piperidine rings is 3. The number of para-hydroxylation sites is 1. The molecule has 2 aromatic carbocycles. The molecule has 3 fully saturated rings. The minimum absolute atomic E-state index is 0.0292. The molecule has 4 nitrogen and oxygen atoms in total. The highest BCUT2D eigenvalue weighted by molar-refractivity contribution is 5.89. The van der Waals surface area contributed by atoms with E-state index in [4.69, 9.17) is 9.15 Å². The molecule has 1 aromatic heterocycles. The molecule has 1 atom stereocenters. The second kappa shape index (κ2) is 5.97. The van der Waals surface area contributed by atoms with Crippen molar-refractivity contribution >= 4 is 21.9 Å². The van der Waals surface area contributed by atoms with Gasteiger partial charge in [0, 0.05) is 6.54 Å². The van der Waals surface area contributed by atoms with Crippen LogP contribution in [0.25, 0.3) is 21.9 Å². The van der Waals surface area contributed by atoms with Gasteiger partial charge in [0.2, 0.25) is 5.43 Å². The first-order chi connectivity index (χ1) is 12.3. The highest BCUT2D eigenvalue weighted by Gasteiger charge is 2.34. The first kappa shape index (κ1) is 15.1. The lowest BCUT2D eigenvalue weighted by atomic mass is 9.86. The lowest BCUT2D eigenvalue weighted by Crippen LogP contribution is -2.51. The Morgan fingerprint density at radius 2 is 1.84 bits per heavy atom. The van der Waals surface area contributed by atoms with E-state index in [1.54, 1.807) is 0 Å². The molecule has 6 rings (SSSR count). The molecule has 3 saturated heterocycles. The van der Waals surface area contributed by atoms with Crippen LogP contribution in [0.1, 0.15) is 18.4 Å². The van der Waals surface area contributed by atoms with Crippen LogP contribution < -0.4 is 5.43 Å². The third-order valence-corrected chi connectivity index (χ3v) is 5.70. The Bertz CT molecular complexity index is 985. The fraction of sp³-hybridized carbons (Fsp3) is 0.381. The lowest BCUT2D eigenvalue weighted by molar-refractivity contribution is -0.0765. The number of hydrogen-bond acceptors (Lipinski definition) is 4. The Labute approximate surface area is 146 Å². The van der Waals surface area contributed by atoms with Gasteiger partial charge in [-0.1, -0.05) is 18.2 Å². The van der Waals surface area contributed by atoms with Crippen molar-refractivity contribution in [3.05, 3.63) is 58.3 Å². The van der Waals surface area contributed by atoms with Crippen LogP contribution >= 0.6 is 0 Å². The molecule has 0 N–H and O–H groups in total. The van der Waals surface area contributed by atoms with Crippen molar-refractivity contribution < 1.29 is 9.15 Å². The average Bonchev–Trinajstić information content (AvgIpc) is 2.68. The number of hydrogen-bond donors (Lipinski definition) is 0. The molecule has 3 aromatic rings. The first-order valence-corrected chi connectivity index (χ1v) is 9.06. The highest BCUT2D eigenvalue weighted by Crippen LogP contribution is 2.30. The molecule has 0 aliphatic carbocycles. The number of ether oxygens (including phenoxy) is 1. The second-order valence-corrected chi connectivity index (χ2v) is 7.25. The van der Waals surface area contributed by atoms with Crippen LogP contribution in [0, 0.1) is 5.92 Å². The maximum absolute atomic E-state index is 12.7. The molecule has 25 heavy (non-hydrogen) atoms. The summed E-state index contributed by atoms with van der Waals surface area (Å²) in [5, 5.41) is 1.26. The predicted molar refractivity (Wildman–Crippen MR) is 97.7 cm³/mol. The van der Waals surface area contributed by atoms with Crippen LogP contribution in [-0.2, 0) is 11.3 Å². The fourth-order valence-electron chi connectivity index (χ4n) is 4.24. The van der Waals surface area contributed by atoms with E-state index < -0.39 is 0 Å². The van der Waals surface area contributed by atoms with Gasteiger partial charge in [0.1, 0.15) is 11.2 Å². The zero-order valence-corrected chi connectivity index (χ0v) is 14.1. The SMILES string of the molecule is O=c1c2ccccc2oc2ccc(CO[C@H]3CN4CCC3CC4)cc12. The van der Waals surface area contributed by atoms with E-state index in [1.807, 2.05) is 42.5 Å². The summed E-state index contributed by atoms with van der Waals surface area (Å²) in [4.78, 5) is 15.2. The fourth-order valence-corrected chi connectivity index (χ4v) is 4.24. The second-order valence-electron chi connectivity index (χ2n) is 7.25. The van der Waals surface area contributed by atoms with Gasteiger partial charge in [0.25, 0.3) is 0 Å². The van der Waals surface area contributed by atoms with Gasteiger partial charge < -0.3 is 14.1 Å². The van der Waals surface area contributed by atoms with Gasteiger partial charge in [-0.05, 0) is 61.7 Å². The van der Waals surface area contributed by atoms with E-state index in [0.717, 1.165) is 12.1 Å². The van der Waals surface area contributed by atoms with Crippen molar-refractivity contribution in [2.45, 2.75) is 25.6 Å². The molecule has 0 saturated carbocycles. The van der Waals surface area contributed by atoms with Gasteiger partial charge >= 0.3 is 0 Å². The summed E-state index contributed by atoms with van der Waals surface area (Å²) in [5.41, 5.74) is 2.33. The van der Waals surface area contributed by atoms with Gasteiger partial charge in [-0.3, -0.25) is 4.79 Å². The van der Waals surface area contributed by atoms with Gasteiger partial charge in [0.15, 0.2) is 0 Å². The average molecular weight is 335 g/mol. The summed E-state index contributed by atoms with van der Waals surface area (Å²) >= 11 is 0. The Hall–Kier alpha value is -2.17. The Kier molecular flexibility index (Phi) is 3.61. The third-order valence-electron chi connectivity index (χ3n) is 5.70. The Morgan fingerprint density at radius 1 is 1.04 bits per heavy atom. The number of benzene rings is 2. The Morgan fingerprint density at radius 3 is 2.64 bits per heavy atom. The van der Waals surface area contributed by atoms with Crippen LogP contribution in [0.5, 0.6) is 0 Å². The molecule has 4 heteroatoms. The molecule has 3 aliphatic rings. The standard InChI is InChI=1S/C21H21NO3/c23-21-16-3-1-2-4-18(16)25-19-6-5-14(11-17(19)21)13-24-20-12-22-9-7-15(20)8-10-22/h1-6,11,15,20H,7-10,12-13H2/t20-/m0/s1. The van der Waals surface area contributed by atoms with Crippen molar-refractivity contribution in [2.24, 2.45) is 5.92 Å². The summed E-state index contributed by atoms with van der Waals surface area (Å²) in [7, 11) is 0. The topological polar surface area (TPSA) is 42.7 Å². The molecular formula is C21H21NO3. The maximum atomic E-state index is 12.7. The van der Waals surface area contributed by atoms with Crippen molar-refractivity contribution in [1.82, 2.24) is 4.90 Å². The summed E-state index contributed by atoms with van der Waals surface area (Å²) in [6.45, 7) is 4.03. The van der Waals surface area contributed by atoms with E-state index in [2.05, 4.69) is 4.90 Å². The predicted octanol–water partition coefficient (Wildman–Crippen LogP) is 3.56. The van der Waals surface area contributed by atoms with Gasteiger partial charge in [-0.2, -0.15) is 0 Å². The number of rotatable bonds is 3. The van der Waals surface area contributed by atoms with Gasteiger partial charge in [-0.15, -0.1) is 0 Å². The molecule has 2 bridgehead atoms. The van der Waals surface area contributed by atoms with Crippen LogP contribution in [0.3, 0.4) is 0 Å². The zero-order chi connectivity index (χ0) is 16.8.